The van der Waals surface area contributed by atoms with E-state index in [1.165, 1.54) is 6.33 Å². The van der Waals surface area contributed by atoms with Crippen LogP contribution in [0.5, 0.6) is 11.5 Å². The minimum absolute atomic E-state index is 0.444. The molecule has 0 amide bonds. The van der Waals surface area contributed by atoms with Crippen LogP contribution in [0, 0.1) is 0 Å². The van der Waals surface area contributed by atoms with Crippen LogP contribution in [0.25, 0.3) is 10.9 Å². The van der Waals surface area contributed by atoms with Crippen molar-refractivity contribution in [3.05, 3.63) is 18.5 Å². The predicted molar refractivity (Wildman–Crippen MR) is 90.0 cm³/mol. The zero-order valence-corrected chi connectivity index (χ0v) is 13.7. The average molecular weight is 320 g/mol. The van der Waals surface area contributed by atoms with Crippen molar-refractivity contribution in [2.75, 3.05) is 45.8 Å². The molecule has 0 atom stereocenters. The second-order valence-corrected chi connectivity index (χ2v) is 4.99. The standard InChI is InChI=1S/C12H15N3O2.C4H9NO/c1-3-4-17-11-5-8-9(6-10(11)16-2)14-7-15-12(8)13;1-3-6-4-2-5-1/h5-7H,3-4H2,1-2H3,(H2,13,14,15);5H,1-4H2. The fourth-order valence-corrected chi connectivity index (χ4v) is 2.08. The highest BCUT2D eigenvalue weighted by Crippen LogP contribution is 2.33. The maximum Gasteiger partial charge on any atom is 0.162 e. The molecule has 1 aromatic heterocycles. The molecule has 0 unspecified atom stereocenters. The van der Waals surface area contributed by atoms with Crippen LogP contribution in [-0.2, 0) is 4.74 Å². The number of aromatic nitrogens is 2. The van der Waals surface area contributed by atoms with Crippen molar-refractivity contribution in [1.29, 1.82) is 0 Å². The van der Waals surface area contributed by atoms with E-state index in [2.05, 4.69) is 15.3 Å². The van der Waals surface area contributed by atoms with E-state index in [4.69, 9.17) is 19.9 Å². The summed E-state index contributed by atoms with van der Waals surface area (Å²) in [6.45, 7) is 6.51. The van der Waals surface area contributed by atoms with Crippen LogP contribution in [0.15, 0.2) is 18.5 Å². The van der Waals surface area contributed by atoms with E-state index in [1.54, 1.807) is 13.2 Å². The van der Waals surface area contributed by atoms with Crippen molar-refractivity contribution in [1.82, 2.24) is 15.3 Å². The second-order valence-electron chi connectivity index (χ2n) is 4.99. The van der Waals surface area contributed by atoms with Crippen LogP contribution >= 0.6 is 0 Å². The Bertz CT molecular complexity index is 606. The number of nitrogens with zero attached hydrogens (tertiary/aromatic N) is 2. The average Bonchev–Trinajstić information content (AvgIpc) is 2.61. The number of nitrogens with two attached hydrogens (primary N) is 1. The summed E-state index contributed by atoms with van der Waals surface area (Å²) in [7, 11) is 1.60. The summed E-state index contributed by atoms with van der Waals surface area (Å²) in [4.78, 5) is 8.10. The molecule has 2 aromatic rings. The molecular formula is C16H24N4O3. The molecule has 3 N–H and O–H groups in total. The molecule has 1 aliphatic heterocycles. The van der Waals surface area contributed by atoms with E-state index < -0.39 is 0 Å². The Hall–Kier alpha value is -2.12. The van der Waals surface area contributed by atoms with E-state index in [1.807, 2.05) is 13.0 Å². The largest absolute Gasteiger partial charge is 0.493 e. The lowest BCUT2D eigenvalue weighted by molar-refractivity contribution is 0.109. The molecule has 126 valence electrons. The van der Waals surface area contributed by atoms with Gasteiger partial charge in [-0.2, -0.15) is 0 Å². The summed E-state index contributed by atoms with van der Waals surface area (Å²) in [5, 5.41) is 3.94. The molecular weight excluding hydrogens is 296 g/mol. The lowest BCUT2D eigenvalue weighted by atomic mass is 10.2. The number of anilines is 1. The van der Waals surface area contributed by atoms with E-state index >= 15 is 0 Å². The van der Waals surface area contributed by atoms with Gasteiger partial charge in [-0.25, -0.2) is 9.97 Å². The summed E-state index contributed by atoms with van der Waals surface area (Å²) in [5.74, 6) is 1.77. The topological polar surface area (TPSA) is 91.5 Å². The highest BCUT2D eigenvalue weighted by molar-refractivity contribution is 5.90. The Morgan fingerprint density at radius 3 is 2.57 bits per heavy atom. The van der Waals surface area contributed by atoms with Gasteiger partial charge in [-0.15, -0.1) is 0 Å². The van der Waals surface area contributed by atoms with E-state index in [9.17, 15) is 0 Å². The summed E-state index contributed by atoms with van der Waals surface area (Å²) in [6.07, 6.45) is 2.37. The summed E-state index contributed by atoms with van der Waals surface area (Å²) >= 11 is 0. The zero-order valence-electron chi connectivity index (χ0n) is 13.7. The number of fused-ring (bicyclic) bond motifs is 1. The van der Waals surface area contributed by atoms with Crippen LogP contribution in [0.4, 0.5) is 5.82 Å². The van der Waals surface area contributed by atoms with Crippen LogP contribution in [0.1, 0.15) is 13.3 Å². The zero-order chi connectivity index (χ0) is 16.5. The molecule has 0 aliphatic carbocycles. The molecule has 7 nitrogen and oxygen atoms in total. The van der Waals surface area contributed by atoms with E-state index in [0.29, 0.717) is 23.9 Å². The van der Waals surface area contributed by atoms with Crippen LogP contribution in [0.3, 0.4) is 0 Å². The second kappa shape index (κ2) is 9.12. The molecule has 1 aliphatic rings. The molecule has 0 spiro atoms. The molecule has 3 rings (SSSR count). The number of methoxy groups -OCH3 is 1. The van der Waals surface area contributed by atoms with Crippen molar-refractivity contribution in [3.8, 4) is 11.5 Å². The Kier molecular flexibility index (Phi) is 6.83. The number of benzene rings is 1. The quantitative estimate of drug-likeness (QED) is 0.884. The fraction of sp³-hybridized carbons (Fsp3) is 0.500. The van der Waals surface area contributed by atoms with Gasteiger partial charge in [0.1, 0.15) is 12.1 Å². The predicted octanol–water partition coefficient (Wildman–Crippen LogP) is 1.62. The van der Waals surface area contributed by atoms with Gasteiger partial charge in [0.25, 0.3) is 0 Å². The Labute approximate surface area is 136 Å². The third kappa shape index (κ3) is 4.94. The lowest BCUT2D eigenvalue weighted by Gasteiger charge is -2.11. The van der Waals surface area contributed by atoms with Crippen molar-refractivity contribution in [2.45, 2.75) is 13.3 Å². The first-order valence-corrected chi connectivity index (χ1v) is 7.75. The smallest absolute Gasteiger partial charge is 0.162 e. The summed E-state index contributed by atoms with van der Waals surface area (Å²) in [5.41, 5.74) is 6.55. The fourth-order valence-electron chi connectivity index (χ4n) is 2.08. The number of hydrogen-bond acceptors (Lipinski definition) is 7. The first-order chi connectivity index (χ1) is 11.3. The van der Waals surface area contributed by atoms with Gasteiger partial charge in [0.15, 0.2) is 11.5 Å². The maximum absolute atomic E-state index is 5.80. The van der Waals surface area contributed by atoms with Gasteiger partial charge >= 0.3 is 0 Å². The van der Waals surface area contributed by atoms with Gasteiger partial charge < -0.3 is 25.3 Å². The number of rotatable bonds is 4. The number of nitrogen functional groups attached to an aromatic ring is 1. The van der Waals surface area contributed by atoms with E-state index in [-0.39, 0.29) is 0 Å². The first-order valence-electron chi connectivity index (χ1n) is 7.75. The van der Waals surface area contributed by atoms with Gasteiger partial charge in [0, 0.05) is 24.5 Å². The minimum atomic E-state index is 0.444. The molecule has 1 saturated heterocycles. The molecule has 0 bridgehead atoms. The van der Waals surface area contributed by atoms with E-state index in [0.717, 1.165) is 43.6 Å². The molecule has 2 heterocycles. The minimum Gasteiger partial charge on any atom is -0.493 e. The van der Waals surface area contributed by atoms with Crippen molar-refractivity contribution >= 4 is 16.7 Å². The Morgan fingerprint density at radius 2 is 2.00 bits per heavy atom. The highest BCUT2D eigenvalue weighted by Gasteiger charge is 2.09. The van der Waals surface area contributed by atoms with Crippen LogP contribution in [0.2, 0.25) is 0 Å². The highest BCUT2D eigenvalue weighted by atomic mass is 16.5. The van der Waals surface area contributed by atoms with Gasteiger partial charge in [-0.1, -0.05) is 6.92 Å². The molecule has 7 heteroatoms. The number of nitrogens with one attached hydrogen (secondary N) is 1. The lowest BCUT2D eigenvalue weighted by Crippen LogP contribution is -2.30. The molecule has 1 aromatic carbocycles. The van der Waals surface area contributed by atoms with Gasteiger partial charge in [-0.05, 0) is 12.5 Å². The summed E-state index contributed by atoms with van der Waals surface area (Å²) < 4.78 is 15.9. The van der Waals surface area contributed by atoms with Gasteiger partial charge in [0.05, 0.1) is 32.4 Å². The Balaban J connectivity index is 0.000000268. The summed E-state index contributed by atoms with van der Waals surface area (Å²) in [6, 6.07) is 3.62. The number of morpholine rings is 1. The van der Waals surface area contributed by atoms with Gasteiger partial charge in [0.2, 0.25) is 0 Å². The van der Waals surface area contributed by atoms with Gasteiger partial charge in [-0.3, -0.25) is 0 Å². The monoisotopic (exact) mass is 320 g/mol. The normalized spacial score (nSPS) is 14.0. The number of hydrogen-bond donors (Lipinski definition) is 2. The molecule has 1 fully saturated rings. The third-order valence-electron chi connectivity index (χ3n) is 3.26. The first kappa shape index (κ1) is 17.2. The molecule has 0 saturated carbocycles. The van der Waals surface area contributed by atoms with Crippen LogP contribution < -0.4 is 20.5 Å². The third-order valence-corrected chi connectivity index (χ3v) is 3.26. The molecule has 23 heavy (non-hydrogen) atoms. The van der Waals surface area contributed by atoms with Crippen molar-refractivity contribution in [3.63, 3.8) is 0 Å². The van der Waals surface area contributed by atoms with Crippen molar-refractivity contribution in [2.24, 2.45) is 0 Å². The van der Waals surface area contributed by atoms with Crippen LogP contribution in [-0.4, -0.2) is 50.0 Å². The maximum atomic E-state index is 5.80. The Morgan fingerprint density at radius 1 is 1.22 bits per heavy atom. The van der Waals surface area contributed by atoms with Crippen molar-refractivity contribution < 1.29 is 14.2 Å². The SMILES string of the molecule is C1COCCN1.CCCOc1cc2c(N)ncnc2cc1OC. The molecule has 0 radical (unpaired) electrons. The number of ether oxygens (including phenoxy) is 3.